The van der Waals surface area contributed by atoms with Gasteiger partial charge in [0.05, 0.1) is 26.8 Å². The number of nitrogens with zero attached hydrogens (tertiary/aromatic N) is 2. The Morgan fingerprint density at radius 1 is 1.10 bits per heavy atom. The summed E-state index contributed by atoms with van der Waals surface area (Å²) >= 11 is 0. The lowest BCUT2D eigenvalue weighted by Crippen LogP contribution is -2.38. The third-order valence-electron chi connectivity index (χ3n) is 4.39. The Kier molecular flexibility index (Phi) is 12.1. The van der Waals surface area contributed by atoms with Crippen molar-refractivity contribution in [2.24, 2.45) is 10.9 Å². The highest BCUT2D eigenvalue weighted by molar-refractivity contribution is 5.79. The molecule has 0 radical (unpaired) electrons. The Balaban J connectivity index is 2.72. The van der Waals surface area contributed by atoms with E-state index in [1.54, 1.807) is 14.2 Å². The third-order valence-corrected chi connectivity index (χ3v) is 4.39. The van der Waals surface area contributed by atoms with Crippen molar-refractivity contribution in [2.75, 3.05) is 61.2 Å². The van der Waals surface area contributed by atoms with E-state index in [0.717, 1.165) is 55.7 Å². The van der Waals surface area contributed by atoms with Crippen LogP contribution in [-0.2, 0) is 4.74 Å². The molecule has 0 heterocycles. The largest absolute Gasteiger partial charge is 0.493 e. The van der Waals surface area contributed by atoms with Gasteiger partial charge in [-0.15, -0.1) is 0 Å². The number of hydrogen-bond acceptors (Lipinski definition) is 5. The van der Waals surface area contributed by atoms with Crippen LogP contribution in [0.3, 0.4) is 0 Å². The van der Waals surface area contributed by atoms with E-state index in [4.69, 9.17) is 19.2 Å². The Hall–Kier alpha value is -1.99. The van der Waals surface area contributed by atoms with Gasteiger partial charge in [-0.1, -0.05) is 19.9 Å². The highest BCUT2D eigenvalue weighted by Crippen LogP contribution is 2.31. The lowest BCUT2D eigenvalue weighted by atomic mass is 10.1. The monoisotopic (exact) mass is 408 g/mol. The summed E-state index contributed by atoms with van der Waals surface area (Å²) in [6, 6.07) is 6.15. The minimum atomic E-state index is 0.125. The number of methoxy groups -OCH3 is 2. The molecule has 1 rings (SSSR count). The van der Waals surface area contributed by atoms with Crippen LogP contribution in [0.15, 0.2) is 23.2 Å². The fourth-order valence-corrected chi connectivity index (χ4v) is 2.85. The van der Waals surface area contributed by atoms with E-state index in [0.29, 0.717) is 12.5 Å². The number of aliphatic imine (C=N–C) groups is 1. The molecular weight excluding hydrogens is 368 g/mol. The van der Waals surface area contributed by atoms with Crippen LogP contribution in [-0.4, -0.2) is 72.0 Å². The first-order valence-electron chi connectivity index (χ1n) is 10.4. The van der Waals surface area contributed by atoms with E-state index in [2.05, 4.69) is 56.5 Å². The van der Waals surface area contributed by atoms with E-state index in [1.807, 2.05) is 12.1 Å². The molecule has 1 unspecified atom stereocenters. The van der Waals surface area contributed by atoms with Crippen molar-refractivity contribution >= 4 is 5.96 Å². The molecule has 0 fully saturated rings. The lowest BCUT2D eigenvalue weighted by Gasteiger charge is -2.24. The summed E-state index contributed by atoms with van der Waals surface area (Å²) in [4.78, 5) is 6.96. The van der Waals surface area contributed by atoms with Crippen LogP contribution < -0.4 is 20.1 Å². The molecule has 2 N–H and O–H groups in total. The molecular formula is C22H40N4O3. The van der Waals surface area contributed by atoms with Crippen molar-refractivity contribution in [1.82, 2.24) is 15.5 Å². The molecule has 7 heteroatoms. The van der Waals surface area contributed by atoms with Gasteiger partial charge in [0.25, 0.3) is 0 Å². The first-order valence-corrected chi connectivity index (χ1v) is 10.4. The van der Waals surface area contributed by atoms with Gasteiger partial charge in [0.15, 0.2) is 17.5 Å². The van der Waals surface area contributed by atoms with E-state index in [-0.39, 0.29) is 6.04 Å². The van der Waals surface area contributed by atoms with Crippen LogP contribution in [0, 0.1) is 5.92 Å². The summed E-state index contributed by atoms with van der Waals surface area (Å²) in [6.07, 6.45) is 0.948. The second-order valence-electron chi connectivity index (χ2n) is 7.56. The Bertz CT molecular complexity index is 606. The average molecular weight is 409 g/mol. The summed E-state index contributed by atoms with van der Waals surface area (Å²) < 4.78 is 16.4. The maximum absolute atomic E-state index is 5.64. The quantitative estimate of drug-likeness (QED) is 0.297. The van der Waals surface area contributed by atoms with Gasteiger partial charge in [-0.25, -0.2) is 0 Å². The van der Waals surface area contributed by atoms with Crippen LogP contribution in [0.2, 0.25) is 0 Å². The van der Waals surface area contributed by atoms with E-state index < -0.39 is 0 Å². The second-order valence-corrected chi connectivity index (χ2v) is 7.56. The number of likely N-dealkylation sites (N-methyl/N-ethyl adjacent to an activating group) is 1. The van der Waals surface area contributed by atoms with Gasteiger partial charge >= 0.3 is 0 Å². The minimum absolute atomic E-state index is 0.125. The molecule has 1 aromatic rings. The summed E-state index contributed by atoms with van der Waals surface area (Å²) in [7, 11) is 7.42. The van der Waals surface area contributed by atoms with Gasteiger partial charge in [-0.05, 0) is 51.1 Å². The summed E-state index contributed by atoms with van der Waals surface area (Å²) in [5, 5.41) is 6.70. The lowest BCUT2D eigenvalue weighted by molar-refractivity contribution is 0.108. The van der Waals surface area contributed by atoms with Gasteiger partial charge in [-0.2, -0.15) is 0 Å². The van der Waals surface area contributed by atoms with E-state index >= 15 is 0 Å². The smallest absolute Gasteiger partial charge is 0.191 e. The molecule has 0 aliphatic carbocycles. The molecule has 0 saturated heterocycles. The molecule has 29 heavy (non-hydrogen) atoms. The molecule has 166 valence electrons. The molecule has 1 aromatic carbocycles. The molecule has 0 aliphatic rings. The molecule has 0 aromatic heterocycles. The molecule has 0 aliphatic heterocycles. The Labute approximate surface area is 176 Å². The van der Waals surface area contributed by atoms with Gasteiger partial charge in [0, 0.05) is 26.3 Å². The minimum Gasteiger partial charge on any atom is -0.493 e. The van der Waals surface area contributed by atoms with Crippen LogP contribution in [0.25, 0.3) is 0 Å². The topological polar surface area (TPSA) is 67.4 Å². The fraction of sp³-hybridized carbons (Fsp3) is 0.682. The zero-order valence-corrected chi connectivity index (χ0v) is 19.2. The highest BCUT2D eigenvalue weighted by atomic mass is 16.5. The SMILES string of the molecule is CCNC(=NCC(c1ccc(OC)c(OC)c1)N(C)C)NCCCOCC(C)C. The molecule has 0 bridgehead atoms. The van der Waals surface area contributed by atoms with Crippen molar-refractivity contribution in [1.29, 1.82) is 0 Å². The number of rotatable bonds is 13. The van der Waals surface area contributed by atoms with Crippen LogP contribution >= 0.6 is 0 Å². The van der Waals surface area contributed by atoms with Gasteiger partial charge in [0.1, 0.15) is 0 Å². The molecule has 0 saturated carbocycles. The second kappa shape index (κ2) is 14.1. The molecule has 7 nitrogen and oxygen atoms in total. The molecule has 0 amide bonds. The Morgan fingerprint density at radius 3 is 2.41 bits per heavy atom. The van der Waals surface area contributed by atoms with Gasteiger partial charge in [0.2, 0.25) is 0 Å². The summed E-state index contributed by atoms with van der Waals surface area (Å²) in [5.41, 5.74) is 1.13. The number of guanidine groups is 1. The number of benzene rings is 1. The van der Waals surface area contributed by atoms with Crippen molar-refractivity contribution in [3.8, 4) is 11.5 Å². The molecule has 0 spiro atoms. The van der Waals surface area contributed by atoms with Gasteiger partial charge < -0.3 is 29.7 Å². The maximum Gasteiger partial charge on any atom is 0.191 e. The number of hydrogen-bond donors (Lipinski definition) is 2. The first kappa shape index (κ1) is 25.0. The predicted octanol–water partition coefficient (Wildman–Crippen LogP) is 2.92. The zero-order valence-electron chi connectivity index (χ0n) is 19.2. The average Bonchev–Trinajstić information content (AvgIpc) is 2.69. The predicted molar refractivity (Wildman–Crippen MR) is 120 cm³/mol. The third kappa shape index (κ3) is 9.37. The molecule has 1 atom stereocenters. The van der Waals surface area contributed by atoms with Crippen molar-refractivity contribution in [3.63, 3.8) is 0 Å². The number of nitrogens with one attached hydrogen (secondary N) is 2. The Morgan fingerprint density at radius 2 is 1.83 bits per heavy atom. The zero-order chi connectivity index (χ0) is 21.6. The van der Waals surface area contributed by atoms with Crippen LogP contribution in [0.5, 0.6) is 11.5 Å². The van der Waals surface area contributed by atoms with E-state index in [1.165, 1.54) is 0 Å². The highest BCUT2D eigenvalue weighted by Gasteiger charge is 2.16. The summed E-state index contributed by atoms with van der Waals surface area (Å²) in [5.74, 6) is 2.85. The standard InChI is InChI=1S/C22H40N4O3/c1-8-23-22(24-12-9-13-29-16-17(2)3)25-15-19(26(4)5)18-10-11-20(27-6)21(14-18)28-7/h10-11,14,17,19H,8-9,12-13,15-16H2,1-7H3,(H2,23,24,25). The van der Waals surface area contributed by atoms with Crippen molar-refractivity contribution in [2.45, 2.75) is 33.2 Å². The maximum atomic E-state index is 5.64. The van der Waals surface area contributed by atoms with E-state index in [9.17, 15) is 0 Å². The van der Waals surface area contributed by atoms with Crippen molar-refractivity contribution in [3.05, 3.63) is 23.8 Å². The summed E-state index contributed by atoms with van der Waals surface area (Å²) in [6.45, 7) is 10.2. The van der Waals surface area contributed by atoms with Crippen LogP contribution in [0.1, 0.15) is 38.8 Å². The normalized spacial score (nSPS) is 12.9. The first-order chi connectivity index (χ1) is 13.9. The number of ether oxygens (including phenoxy) is 3. The fourth-order valence-electron chi connectivity index (χ4n) is 2.85. The van der Waals surface area contributed by atoms with Crippen molar-refractivity contribution < 1.29 is 14.2 Å². The van der Waals surface area contributed by atoms with Gasteiger partial charge in [-0.3, -0.25) is 4.99 Å². The van der Waals surface area contributed by atoms with Crippen LogP contribution in [0.4, 0.5) is 0 Å².